The molecule has 0 atom stereocenters. The zero-order valence-electron chi connectivity index (χ0n) is 13.6. The second kappa shape index (κ2) is 8.91. The number of carbonyl (C=O) groups excluding carboxylic acids is 1. The van der Waals surface area contributed by atoms with Crippen molar-refractivity contribution in [3.8, 4) is 0 Å². The summed E-state index contributed by atoms with van der Waals surface area (Å²) >= 11 is 0. The molecule has 0 radical (unpaired) electrons. The number of likely N-dealkylation sites (tertiary alicyclic amines) is 1. The Morgan fingerprint density at radius 2 is 1.95 bits per heavy atom. The van der Waals surface area contributed by atoms with Crippen LogP contribution < -0.4 is 5.73 Å². The number of benzene rings is 1. The number of rotatable bonds is 7. The van der Waals surface area contributed by atoms with E-state index in [2.05, 4.69) is 19.1 Å². The number of amides is 1. The van der Waals surface area contributed by atoms with Gasteiger partial charge >= 0.3 is 0 Å². The predicted octanol–water partition coefficient (Wildman–Crippen LogP) is 2.61. The van der Waals surface area contributed by atoms with Gasteiger partial charge in [-0.15, -0.1) is 0 Å². The lowest BCUT2D eigenvalue weighted by molar-refractivity contribution is 0.00845. The van der Waals surface area contributed by atoms with Crippen molar-refractivity contribution in [3.63, 3.8) is 0 Å². The summed E-state index contributed by atoms with van der Waals surface area (Å²) in [6.07, 6.45) is 5.23. The number of aryl methyl sites for hydroxylation is 1. The molecule has 1 saturated heterocycles. The van der Waals surface area contributed by atoms with Crippen molar-refractivity contribution in [2.75, 3.05) is 26.2 Å². The molecular formula is C18H28N2O2. The standard InChI is InChI=1S/C18H28N2O2/c1-2-4-15-5-7-16(8-6-15)18(21)20-12-9-17(10-13-20)22-14-3-11-19/h5-8,17H,2-4,9-14,19H2,1H3. The fraction of sp³-hybridized carbons (Fsp3) is 0.611. The van der Waals surface area contributed by atoms with E-state index in [9.17, 15) is 4.79 Å². The van der Waals surface area contributed by atoms with Crippen LogP contribution in [0.2, 0.25) is 0 Å². The summed E-state index contributed by atoms with van der Waals surface area (Å²) in [5, 5.41) is 0. The number of hydrogen-bond donors (Lipinski definition) is 1. The monoisotopic (exact) mass is 304 g/mol. The summed E-state index contributed by atoms with van der Waals surface area (Å²) in [6, 6.07) is 8.05. The maximum Gasteiger partial charge on any atom is 0.253 e. The van der Waals surface area contributed by atoms with E-state index < -0.39 is 0 Å². The van der Waals surface area contributed by atoms with Crippen molar-refractivity contribution in [3.05, 3.63) is 35.4 Å². The summed E-state index contributed by atoms with van der Waals surface area (Å²) in [4.78, 5) is 14.4. The molecule has 1 aliphatic heterocycles. The van der Waals surface area contributed by atoms with Crippen LogP contribution in [0.1, 0.15) is 48.5 Å². The first-order chi connectivity index (χ1) is 10.7. The van der Waals surface area contributed by atoms with Crippen LogP contribution in [0.4, 0.5) is 0 Å². The van der Waals surface area contributed by atoms with Gasteiger partial charge in [0.05, 0.1) is 6.10 Å². The minimum Gasteiger partial charge on any atom is -0.378 e. The summed E-state index contributed by atoms with van der Waals surface area (Å²) in [6.45, 7) is 5.13. The SMILES string of the molecule is CCCc1ccc(C(=O)N2CCC(OCCCN)CC2)cc1. The zero-order valence-corrected chi connectivity index (χ0v) is 13.6. The number of piperidine rings is 1. The minimum atomic E-state index is 0.142. The third kappa shape index (κ3) is 4.82. The molecule has 2 N–H and O–H groups in total. The first kappa shape index (κ1) is 17.0. The molecule has 1 aromatic carbocycles. The molecule has 2 rings (SSSR count). The van der Waals surface area contributed by atoms with Crippen molar-refractivity contribution in [2.24, 2.45) is 5.73 Å². The zero-order chi connectivity index (χ0) is 15.8. The molecule has 0 aromatic heterocycles. The fourth-order valence-electron chi connectivity index (χ4n) is 2.84. The van der Waals surface area contributed by atoms with Crippen LogP contribution >= 0.6 is 0 Å². The van der Waals surface area contributed by atoms with Crippen LogP contribution in [0.5, 0.6) is 0 Å². The van der Waals surface area contributed by atoms with E-state index in [1.54, 1.807) is 0 Å². The second-order valence-corrected chi connectivity index (χ2v) is 5.95. The minimum absolute atomic E-state index is 0.142. The van der Waals surface area contributed by atoms with E-state index in [0.29, 0.717) is 6.54 Å². The Hall–Kier alpha value is -1.39. The molecule has 1 fully saturated rings. The third-order valence-corrected chi connectivity index (χ3v) is 4.17. The van der Waals surface area contributed by atoms with Crippen LogP contribution in [0.25, 0.3) is 0 Å². The Labute approximate surface area is 133 Å². The van der Waals surface area contributed by atoms with Gasteiger partial charge < -0.3 is 15.4 Å². The van der Waals surface area contributed by atoms with Gasteiger partial charge in [-0.05, 0) is 49.9 Å². The van der Waals surface area contributed by atoms with E-state index in [0.717, 1.165) is 57.4 Å². The number of nitrogens with two attached hydrogens (primary N) is 1. The Balaban J connectivity index is 1.81. The van der Waals surface area contributed by atoms with E-state index in [1.807, 2.05) is 17.0 Å². The molecule has 0 unspecified atom stereocenters. The molecule has 0 saturated carbocycles. The maximum absolute atomic E-state index is 12.5. The van der Waals surface area contributed by atoms with Crippen molar-refractivity contribution < 1.29 is 9.53 Å². The molecular weight excluding hydrogens is 276 g/mol. The van der Waals surface area contributed by atoms with Gasteiger partial charge in [-0.2, -0.15) is 0 Å². The van der Waals surface area contributed by atoms with Crippen molar-refractivity contribution in [1.29, 1.82) is 0 Å². The van der Waals surface area contributed by atoms with Gasteiger partial charge in [0.2, 0.25) is 0 Å². The summed E-state index contributed by atoms with van der Waals surface area (Å²) < 4.78 is 5.78. The average Bonchev–Trinajstić information content (AvgIpc) is 2.56. The van der Waals surface area contributed by atoms with Gasteiger partial charge in [-0.1, -0.05) is 25.5 Å². The fourth-order valence-corrected chi connectivity index (χ4v) is 2.84. The van der Waals surface area contributed by atoms with Crippen LogP contribution in [0.15, 0.2) is 24.3 Å². The molecule has 1 aliphatic rings. The molecule has 1 aromatic rings. The second-order valence-electron chi connectivity index (χ2n) is 5.95. The smallest absolute Gasteiger partial charge is 0.253 e. The first-order valence-electron chi connectivity index (χ1n) is 8.44. The van der Waals surface area contributed by atoms with E-state index >= 15 is 0 Å². The van der Waals surface area contributed by atoms with Crippen LogP contribution in [-0.4, -0.2) is 43.2 Å². The molecule has 4 nitrogen and oxygen atoms in total. The molecule has 4 heteroatoms. The Morgan fingerprint density at radius 1 is 1.27 bits per heavy atom. The first-order valence-corrected chi connectivity index (χ1v) is 8.44. The quantitative estimate of drug-likeness (QED) is 0.788. The van der Waals surface area contributed by atoms with Gasteiger partial charge in [-0.3, -0.25) is 4.79 Å². The largest absolute Gasteiger partial charge is 0.378 e. The van der Waals surface area contributed by atoms with Gasteiger partial charge in [-0.25, -0.2) is 0 Å². The summed E-state index contributed by atoms with van der Waals surface area (Å²) in [7, 11) is 0. The summed E-state index contributed by atoms with van der Waals surface area (Å²) in [5.41, 5.74) is 7.56. The van der Waals surface area contributed by atoms with Crippen LogP contribution in [0, 0.1) is 0 Å². The van der Waals surface area contributed by atoms with E-state index in [1.165, 1.54) is 5.56 Å². The van der Waals surface area contributed by atoms with Crippen LogP contribution in [-0.2, 0) is 11.2 Å². The van der Waals surface area contributed by atoms with Gasteiger partial charge in [0.25, 0.3) is 5.91 Å². The van der Waals surface area contributed by atoms with Gasteiger partial charge in [0.15, 0.2) is 0 Å². The van der Waals surface area contributed by atoms with E-state index in [4.69, 9.17) is 10.5 Å². The lowest BCUT2D eigenvalue weighted by Gasteiger charge is -2.32. The highest BCUT2D eigenvalue weighted by Crippen LogP contribution is 2.17. The topological polar surface area (TPSA) is 55.6 Å². The molecule has 1 amide bonds. The normalized spacial score (nSPS) is 16.0. The Morgan fingerprint density at radius 3 is 2.55 bits per heavy atom. The van der Waals surface area contributed by atoms with Crippen molar-refractivity contribution in [2.45, 2.75) is 45.1 Å². The van der Waals surface area contributed by atoms with Gasteiger partial charge in [0.1, 0.15) is 0 Å². The number of hydrogen-bond acceptors (Lipinski definition) is 3. The van der Waals surface area contributed by atoms with Crippen molar-refractivity contribution >= 4 is 5.91 Å². The van der Waals surface area contributed by atoms with Gasteiger partial charge in [0, 0.05) is 25.3 Å². The number of nitrogens with zero attached hydrogens (tertiary/aromatic N) is 1. The van der Waals surface area contributed by atoms with Crippen molar-refractivity contribution in [1.82, 2.24) is 4.90 Å². The molecule has 0 bridgehead atoms. The number of carbonyl (C=O) groups is 1. The lowest BCUT2D eigenvalue weighted by atomic mass is 10.0. The van der Waals surface area contributed by atoms with Crippen LogP contribution in [0.3, 0.4) is 0 Å². The summed E-state index contributed by atoms with van der Waals surface area (Å²) in [5.74, 6) is 0.142. The number of ether oxygens (including phenoxy) is 1. The Kier molecular flexibility index (Phi) is 6.87. The third-order valence-electron chi connectivity index (χ3n) is 4.17. The molecule has 122 valence electrons. The predicted molar refractivity (Wildman–Crippen MR) is 89.0 cm³/mol. The lowest BCUT2D eigenvalue weighted by Crippen LogP contribution is -2.41. The highest BCUT2D eigenvalue weighted by Gasteiger charge is 2.23. The highest BCUT2D eigenvalue weighted by molar-refractivity contribution is 5.94. The molecule has 1 heterocycles. The highest BCUT2D eigenvalue weighted by atomic mass is 16.5. The Bertz CT molecular complexity index is 451. The van der Waals surface area contributed by atoms with E-state index in [-0.39, 0.29) is 12.0 Å². The average molecular weight is 304 g/mol. The molecule has 0 aliphatic carbocycles. The molecule has 0 spiro atoms. The maximum atomic E-state index is 12.5. The molecule has 22 heavy (non-hydrogen) atoms.